The van der Waals surface area contributed by atoms with Crippen molar-refractivity contribution in [2.45, 2.75) is 13.8 Å². The van der Waals surface area contributed by atoms with Crippen LogP contribution >= 0.6 is 0 Å². The van der Waals surface area contributed by atoms with Crippen LogP contribution in [-0.4, -0.2) is 19.3 Å². The van der Waals surface area contributed by atoms with Gasteiger partial charge in [0.05, 0.1) is 11.3 Å². The molecule has 202 valence electrons. The third kappa shape index (κ3) is 4.75. The van der Waals surface area contributed by atoms with Crippen LogP contribution in [0.3, 0.4) is 0 Å². The number of hydrogen-bond donors (Lipinski definition) is 0. The summed E-state index contributed by atoms with van der Waals surface area (Å²) in [6, 6.07) is 37.5. The van der Waals surface area contributed by atoms with Crippen LogP contribution in [0.1, 0.15) is 11.3 Å². The number of pyridine rings is 1. The van der Waals surface area contributed by atoms with Crippen molar-refractivity contribution in [1.29, 1.82) is 0 Å². The van der Waals surface area contributed by atoms with Gasteiger partial charge in [-0.05, 0) is 54.2 Å². The largest absolute Gasteiger partial charge is 2.00 e. The van der Waals surface area contributed by atoms with E-state index < -0.39 is 5.95 Å². The van der Waals surface area contributed by atoms with Gasteiger partial charge in [-0.2, -0.15) is 21.6 Å². The predicted molar refractivity (Wildman–Crippen MR) is 155 cm³/mol. The number of hydrogen-bond acceptors (Lipinski definition) is 3. The SMILES string of the molecule is Cc1ccnc(-n2c3[c-]c(Oc4[c-]c(-n5nc(C)c(-c6ccccc6)c5F)ccc4)ccc3c3ccccc32)c1.[Pt+2]. The fourth-order valence-corrected chi connectivity index (χ4v) is 5.14. The number of nitrogens with zero attached hydrogens (tertiary/aromatic N) is 4. The number of aromatic nitrogens is 4. The van der Waals surface area contributed by atoms with Gasteiger partial charge in [0.1, 0.15) is 5.82 Å². The second-order valence-electron chi connectivity index (χ2n) is 9.66. The van der Waals surface area contributed by atoms with Gasteiger partial charge >= 0.3 is 21.1 Å². The minimum atomic E-state index is -0.444. The van der Waals surface area contributed by atoms with Gasteiger partial charge in [-0.1, -0.05) is 54.0 Å². The second kappa shape index (κ2) is 10.8. The Morgan fingerprint density at radius 2 is 1.56 bits per heavy atom. The maximum atomic E-state index is 15.6. The van der Waals surface area contributed by atoms with Gasteiger partial charge in [-0.15, -0.1) is 35.7 Å². The summed E-state index contributed by atoms with van der Waals surface area (Å²) in [5, 5.41) is 6.61. The normalized spacial score (nSPS) is 11.1. The fourth-order valence-electron chi connectivity index (χ4n) is 5.14. The standard InChI is InChI=1S/C34H23FN4O.Pt/c1-22-17-18-36-32(19-22)38-30-14-7-6-13-28(30)29-16-15-27(21-31(29)38)40-26-12-8-11-25(20-26)39-34(35)33(23(2)37-39)24-9-4-3-5-10-24;/h3-19H,1-2H3;/q-2;+2. The summed E-state index contributed by atoms with van der Waals surface area (Å²) in [7, 11) is 0. The molecule has 0 aliphatic heterocycles. The minimum Gasteiger partial charge on any atom is -0.509 e. The molecule has 7 rings (SSSR count). The van der Waals surface area contributed by atoms with Crippen molar-refractivity contribution < 1.29 is 30.2 Å². The molecule has 5 nitrogen and oxygen atoms in total. The monoisotopic (exact) mass is 717 g/mol. The number of halogens is 1. The van der Waals surface area contributed by atoms with E-state index in [0.717, 1.165) is 38.8 Å². The quantitative estimate of drug-likeness (QED) is 0.169. The van der Waals surface area contributed by atoms with Crippen LogP contribution in [0.25, 0.3) is 44.4 Å². The Bertz CT molecular complexity index is 2030. The Kier molecular flexibility index (Phi) is 7.02. The zero-order valence-corrected chi connectivity index (χ0v) is 24.5. The molecule has 0 aliphatic carbocycles. The Labute approximate surface area is 251 Å². The molecule has 0 N–H and O–H groups in total. The Balaban J connectivity index is 0.00000302. The van der Waals surface area contributed by atoms with Crippen molar-refractivity contribution in [3.63, 3.8) is 0 Å². The number of benzene rings is 4. The average Bonchev–Trinajstić information content (AvgIpc) is 3.46. The van der Waals surface area contributed by atoms with Crippen LogP contribution in [0.2, 0.25) is 0 Å². The van der Waals surface area contributed by atoms with Crippen LogP contribution in [-0.2, 0) is 21.1 Å². The minimum absolute atomic E-state index is 0. The predicted octanol–water partition coefficient (Wildman–Crippen LogP) is 8.18. The molecule has 0 saturated heterocycles. The molecule has 3 heterocycles. The molecule has 3 aromatic heterocycles. The molecule has 41 heavy (non-hydrogen) atoms. The number of fused-ring (bicyclic) bond motifs is 3. The number of para-hydroxylation sites is 1. The molecule has 0 bridgehead atoms. The van der Waals surface area contributed by atoms with Gasteiger partial charge in [-0.25, -0.2) is 9.67 Å². The summed E-state index contributed by atoms with van der Waals surface area (Å²) in [5.41, 5.74) is 5.30. The summed E-state index contributed by atoms with van der Waals surface area (Å²) < 4.78 is 25.1. The smallest absolute Gasteiger partial charge is 0.509 e. The van der Waals surface area contributed by atoms with Gasteiger partial charge in [0.15, 0.2) is 0 Å². The summed E-state index contributed by atoms with van der Waals surface area (Å²) in [4.78, 5) is 4.63. The van der Waals surface area contributed by atoms with E-state index >= 15 is 4.39 Å². The van der Waals surface area contributed by atoms with Gasteiger partial charge in [0.25, 0.3) is 0 Å². The maximum absolute atomic E-state index is 15.6. The van der Waals surface area contributed by atoms with Crippen molar-refractivity contribution in [3.05, 3.63) is 133 Å². The molecule has 0 spiro atoms. The molecule has 7 heteroatoms. The van der Waals surface area contributed by atoms with Crippen molar-refractivity contribution in [3.8, 4) is 34.1 Å². The fraction of sp³-hybridized carbons (Fsp3) is 0.0588. The zero-order chi connectivity index (χ0) is 27.2. The average molecular weight is 718 g/mol. The number of aryl methyl sites for hydroxylation is 2. The summed E-state index contributed by atoms with van der Waals surface area (Å²) >= 11 is 0. The van der Waals surface area contributed by atoms with E-state index in [9.17, 15) is 0 Å². The van der Waals surface area contributed by atoms with Crippen molar-refractivity contribution in [2.75, 3.05) is 0 Å². The summed E-state index contributed by atoms with van der Waals surface area (Å²) in [6.07, 6.45) is 1.81. The maximum Gasteiger partial charge on any atom is 2.00 e. The van der Waals surface area contributed by atoms with E-state index in [1.165, 1.54) is 4.68 Å². The molecular weight excluding hydrogens is 694 g/mol. The van der Waals surface area contributed by atoms with Crippen molar-refractivity contribution >= 4 is 21.8 Å². The van der Waals surface area contributed by atoms with Crippen LogP contribution in [0.4, 0.5) is 4.39 Å². The molecule has 0 fully saturated rings. The third-order valence-corrected chi connectivity index (χ3v) is 6.95. The first-order chi connectivity index (χ1) is 19.6. The van der Waals surface area contributed by atoms with Gasteiger partial charge < -0.3 is 9.30 Å². The van der Waals surface area contributed by atoms with Crippen LogP contribution in [0.5, 0.6) is 11.5 Å². The molecular formula is C34H23FN4OPt. The van der Waals surface area contributed by atoms with Crippen molar-refractivity contribution in [2.24, 2.45) is 0 Å². The molecule has 7 aromatic rings. The first kappa shape index (κ1) is 26.7. The first-order valence-corrected chi connectivity index (χ1v) is 13.0. The Hall–Kier alpha value is -4.54. The Morgan fingerprint density at radius 1 is 0.780 bits per heavy atom. The van der Waals surface area contributed by atoms with E-state index in [0.29, 0.717) is 28.4 Å². The molecule has 0 saturated carbocycles. The molecule has 4 aromatic carbocycles. The van der Waals surface area contributed by atoms with E-state index in [1.807, 2.05) is 73.8 Å². The molecule has 0 radical (unpaired) electrons. The molecule has 0 amide bonds. The van der Waals surface area contributed by atoms with E-state index in [1.54, 1.807) is 25.1 Å². The van der Waals surface area contributed by atoms with Crippen LogP contribution < -0.4 is 4.74 Å². The van der Waals surface area contributed by atoms with Crippen LogP contribution in [0.15, 0.2) is 103 Å². The van der Waals surface area contributed by atoms with Gasteiger partial charge in [-0.3, -0.25) is 0 Å². The zero-order valence-electron chi connectivity index (χ0n) is 22.2. The first-order valence-electron chi connectivity index (χ1n) is 13.0. The van der Waals surface area contributed by atoms with Gasteiger partial charge in [0, 0.05) is 23.2 Å². The van der Waals surface area contributed by atoms with Gasteiger partial charge in [0.2, 0.25) is 5.95 Å². The summed E-state index contributed by atoms with van der Waals surface area (Å²) in [6.45, 7) is 3.85. The third-order valence-electron chi connectivity index (χ3n) is 6.95. The molecule has 0 unspecified atom stereocenters. The topological polar surface area (TPSA) is 44.9 Å². The number of ether oxygens (including phenoxy) is 1. The Morgan fingerprint density at radius 3 is 2.39 bits per heavy atom. The second-order valence-corrected chi connectivity index (χ2v) is 9.66. The van der Waals surface area contributed by atoms with Crippen LogP contribution in [0, 0.1) is 31.9 Å². The summed E-state index contributed by atoms with van der Waals surface area (Å²) in [5.74, 6) is 1.31. The molecule has 0 atom stereocenters. The van der Waals surface area contributed by atoms with E-state index in [4.69, 9.17) is 4.74 Å². The molecule has 0 aliphatic rings. The number of rotatable bonds is 5. The van der Waals surface area contributed by atoms with E-state index in [2.05, 4.69) is 45.0 Å². The van der Waals surface area contributed by atoms with E-state index in [-0.39, 0.29) is 21.1 Å². The van der Waals surface area contributed by atoms with Crippen molar-refractivity contribution in [1.82, 2.24) is 19.3 Å².